The normalized spacial score (nSPS) is 10.1. The van der Waals surface area contributed by atoms with Crippen LogP contribution < -0.4 is 0 Å². The predicted molar refractivity (Wildman–Crippen MR) is 108 cm³/mol. The highest BCUT2D eigenvalue weighted by Crippen LogP contribution is 2.18. The van der Waals surface area contributed by atoms with E-state index in [1.54, 1.807) is 0 Å². The van der Waals surface area contributed by atoms with Crippen LogP contribution in [0.4, 0.5) is 0 Å². The molecule has 0 aliphatic carbocycles. The topological polar surface area (TPSA) is 0 Å². The van der Waals surface area contributed by atoms with Gasteiger partial charge in [0.1, 0.15) is 0 Å². The van der Waals surface area contributed by atoms with Crippen molar-refractivity contribution < 1.29 is 0 Å². The minimum atomic E-state index is 1.00. The molecule has 0 heterocycles. The van der Waals surface area contributed by atoms with Gasteiger partial charge in [0.2, 0.25) is 0 Å². The monoisotopic (exact) mass is 316 g/mol. The predicted octanol–water partition coefficient (Wildman–Crippen LogP) is 6.65. The summed E-state index contributed by atoms with van der Waals surface area (Å²) in [7, 11) is 0. The van der Waals surface area contributed by atoms with E-state index in [1.807, 2.05) is 19.9 Å². The van der Waals surface area contributed by atoms with Gasteiger partial charge in [0, 0.05) is 11.1 Å². The Balaban J connectivity index is 0.00000139. The van der Waals surface area contributed by atoms with Gasteiger partial charge in [-0.05, 0) is 53.8 Å². The molecule has 0 bridgehead atoms. The maximum Gasteiger partial charge on any atom is 0.0249 e. The summed E-state index contributed by atoms with van der Waals surface area (Å²) in [6, 6.07) is 16.9. The van der Waals surface area contributed by atoms with E-state index < -0.39 is 0 Å². The number of hydrogen-bond donors (Lipinski definition) is 0. The Bertz CT molecular complexity index is 701. The fourth-order valence-corrected chi connectivity index (χ4v) is 2.30. The molecule has 2 aromatic rings. The minimum absolute atomic E-state index is 1.00. The molecule has 0 N–H and O–H groups in total. The maximum atomic E-state index is 3.77. The van der Waals surface area contributed by atoms with Crippen molar-refractivity contribution >= 4 is 5.57 Å². The third-order valence-electron chi connectivity index (χ3n) is 3.67. The van der Waals surface area contributed by atoms with E-state index in [2.05, 4.69) is 86.9 Å². The molecule has 0 aliphatic heterocycles. The Morgan fingerprint density at radius 1 is 0.875 bits per heavy atom. The molecule has 0 aliphatic rings. The summed E-state index contributed by atoms with van der Waals surface area (Å²) >= 11 is 0. The summed E-state index contributed by atoms with van der Waals surface area (Å²) in [5, 5.41) is 0. The molecule has 2 aromatic carbocycles. The van der Waals surface area contributed by atoms with Crippen molar-refractivity contribution in [1.29, 1.82) is 0 Å². The van der Waals surface area contributed by atoms with Gasteiger partial charge in [-0.2, -0.15) is 0 Å². The van der Waals surface area contributed by atoms with Crippen LogP contribution in [0.5, 0.6) is 0 Å². The molecule has 124 valence electrons. The summed E-state index contributed by atoms with van der Waals surface area (Å²) in [5.41, 5.74) is 5.97. The third kappa shape index (κ3) is 5.94. The quantitative estimate of drug-likeness (QED) is 0.437. The summed E-state index contributed by atoms with van der Waals surface area (Å²) in [5.74, 6) is 6.44. The second-order valence-corrected chi connectivity index (χ2v) is 5.16. The highest BCUT2D eigenvalue weighted by Gasteiger charge is 1.97. The SMILES string of the molecule is C=C/C=C(\CC)c1ccc(C#Cc2ccc(CC)cc2)cc1.CC. The molecule has 24 heavy (non-hydrogen) atoms. The van der Waals surface area contributed by atoms with Gasteiger partial charge in [-0.3, -0.25) is 0 Å². The number of hydrogen-bond acceptors (Lipinski definition) is 0. The standard InChI is InChI=1S/C22H22.C2H6/c1-4-7-21(6-3)22-16-14-20(15-17-22)13-12-19-10-8-18(5-2)9-11-19;1-2/h4,7-11,14-17H,1,5-6H2,2-3H3;1-2H3/b21-7+;. The lowest BCUT2D eigenvalue weighted by Gasteiger charge is -2.03. The van der Waals surface area contributed by atoms with Crippen molar-refractivity contribution in [1.82, 2.24) is 0 Å². The van der Waals surface area contributed by atoms with Crippen molar-refractivity contribution in [2.75, 3.05) is 0 Å². The summed E-state index contributed by atoms with van der Waals surface area (Å²) < 4.78 is 0. The minimum Gasteiger partial charge on any atom is -0.0991 e. The number of allylic oxidation sites excluding steroid dienone is 3. The lowest BCUT2D eigenvalue weighted by atomic mass is 10.0. The van der Waals surface area contributed by atoms with Crippen LogP contribution in [0.3, 0.4) is 0 Å². The average Bonchev–Trinajstić information content (AvgIpc) is 2.67. The van der Waals surface area contributed by atoms with Crippen LogP contribution in [0.2, 0.25) is 0 Å². The largest absolute Gasteiger partial charge is 0.0991 e. The van der Waals surface area contributed by atoms with E-state index in [0.717, 1.165) is 24.0 Å². The van der Waals surface area contributed by atoms with Crippen LogP contribution in [0.1, 0.15) is 56.4 Å². The van der Waals surface area contributed by atoms with Gasteiger partial charge in [0.15, 0.2) is 0 Å². The van der Waals surface area contributed by atoms with Crippen molar-refractivity contribution in [3.8, 4) is 11.8 Å². The smallest absolute Gasteiger partial charge is 0.0249 e. The molecule has 0 radical (unpaired) electrons. The molecule has 0 fully saturated rings. The second kappa shape index (κ2) is 11.1. The molecule has 0 nitrogen and oxygen atoms in total. The first-order chi connectivity index (χ1) is 11.8. The number of benzene rings is 2. The fourth-order valence-electron chi connectivity index (χ4n) is 2.30. The van der Waals surface area contributed by atoms with E-state index in [-0.39, 0.29) is 0 Å². The van der Waals surface area contributed by atoms with Gasteiger partial charge in [-0.15, -0.1) is 0 Å². The van der Waals surface area contributed by atoms with Crippen LogP contribution in [0.15, 0.2) is 67.3 Å². The molecule has 2 rings (SSSR count). The van der Waals surface area contributed by atoms with E-state index in [0.29, 0.717) is 0 Å². The summed E-state index contributed by atoms with van der Waals surface area (Å²) in [4.78, 5) is 0. The first-order valence-corrected chi connectivity index (χ1v) is 8.79. The van der Waals surface area contributed by atoms with Crippen molar-refractivity contribution in [2.45, 2.75) is 40.5 Å². The van der Waals surface area contributed by atoms with E-state index in [4.69, 9.17) is 0 Å². The Morgan fingerprint density at radius 2 is 1.38 bits per heavy atom. The highest BCUT2D eigenvalue weighted by molar-refractivity contribution is 5.67. The Hall–Kier alpha value is -2.52. The van der Waals surface area contributed by atoms with Gasteiger partial charge in [-0.1, -0.05) is 82.5 Å². The van der Waals surface area contributed by atoms with Crippen molar-refractivity contribution in [2.24, 2.45) is 0 Å². The van der Waals surface area contributed by atoms with Gasteiger partial charge in [0.25, 0.3) is 0 Å². The Kier molecular flexibility index (Phi) is 9.02. The van der Waals surface area contributed by atoms with Crippen LogP contribution in [-0.2, 0) is 6.42 Å². The van der Waals surface area contributed by atoms with E-state index in [1.165, 1.54) is 16.7 Å². The summed E-state index contributed by atoms with van der Waals surface area (Å²) in [6.45, 7) is 12.1. The van der Waals surface area contributed by atoms with Crippen LogP contribution in [0, 0.1) is 11.8 Å². The van der Waals surface area contributed by atoms with Crippen molar-refractivity contribution in [3.63, 3.8) is 0 Å². The lowest BCUT2D eigenvalue weighted by molar-refractivity contribution is 1.14. The molecular formula is C24H28. The summed E-state index contributed by atoms with van der Waals surface area (Å²) in [6.07, 6.45) is 5.97. The second-order valence-electron chi connectivity index (χ2n) is 5.16. The van der Waals surface area contributed by atoms with Crippen LogP contribution in [-0.4, -0.2) is 0 Å². The zero-order chi connectivity index (χ0) is 17.8. The fraction of sp³-hybridized carbons (Fsp3) is 0.250. The van der Waals surface area contributed by atoms with Crippen LogP contribution >= 0.6 is 0 Å². The van der Waals surface area contributed by atoms with E-state index >= 15 is 0 Å². The van der Waals surface area contributed by atoms with Crippen molar-refractivity contribution in [3.05, 3.63) is 89.5 Å². The molecule has 0 spiro atoms. The molecule has 0 atom stereocenters. The third-order valence-corrected chi connectivity index (χ3v) is 3.67. The van der Waals surface area contributed by atoms with Crippen LogP contribution in [0.25, 0.3) is 5.57 Å². The van der Waals surface area contributed by atoms with E-state index in [9.17, 15) is 0 Å². The molecule has 0 saturated heterocycles. The number of rotatable bonds is 4. The first-order valence-electron chi connectivity index (χ1n) is 8.79. The highest BCUT2D eigenvalue weighted by atomic mass is 14.0. The molecular weight excluding hydrogens is 288 g/mol. The molecule has 0 saturated carbocycles. The molecule has 0 heteroatoms. The molecule has 0 aromatic heterocycles. The van der Waals surface area contributed by atoms with Gasteiger partial charge in [-0.25, -0.2) is 0 Å². The van der Waals surface area contributed by atoms with Gasteiger partial charge in [0.05, 0.1) is 0 Å². The number of aryl methyl sites for hydroxylation is 1. The average molecular weight is 316 g/mol. The zero-order valence-corrected chi connectivity index (χ0v) is 15.4. The lowest BCUT2D eigenvalue weighted by Crippen LogP contribution is -1.84. The Morgan fingerprint density at radius 3 is 1.79 bits per heavy atom. The molecule has 0 unspecified atom stereocenters. The maximum absolute atomic E-state index is 3.77. The van der Waals surface area contributed by atoms with Gasteiger partial charge < -0.3 is 0 Å². The first kappa shape index (κ1) is 19.5. The molecule has 0 amide bonds. The van der Waals surface area contributed by atoms with Gasteiger partial charge >= 0.3 is 0 Å². The Labute approximate surface area is 147 Å². The zero-order valence-electron chi connectivity index (χ0n) is 15.4.